The third-order valence-electron chi connectivity index (χ3n) is 2.38. The van der Waals surface area contributed by atoms with Crippen LogP contribution in [-0.4, -0.2) is 5.71 Å². The second-order valence-corrected chi connectivity index (χ2v) is 3.39. The molecule has 0 aromatic heterocycles. The molecule has 0 amide bonds. The molecule has 2 unspecified atom stereocenters. The molecule has 88 valence electrons. The van der Waals surface area contributed by atoms with Gasteiger partial charge < -0.3 is 11.1 Å². The molecule has 1 saturated carbocycles. The molecular weight excluding hydrogens is 184 g/mol. The number of nitrogens with two attached hydrogens (primary N) is 1. The molecule has 0 aromatic carbocycles. The predicted octanol–water partition coefficient (Wildman–Crippen LogP) is 3.74. The lowest BCUT2D eigenvalue weighted by molar-refractivity contribution is 0.949. The van der Waals surface area contributed by atoms with Gasteiger partial charge in [-0.05, 0) is 25.2 Å². The normalized spacial score (nSPS) is 25.4. The third-order valence-corrected chi connectivity index (χ3v) is 2.38. The lowest BCUT2D eigenvalue weighted by Gasteiger charge is -2.09. The van der Waals surface area contributed by atoms with Crippen LogP contribution in [0.2, 0.25) is 0 Å². The van der Waals surface area contributed by atoms with Gasteiger partial charge in [-0.2, -0.15) is 0 Å². The van der Waals surface area contributed by atoms with Crippen LogP contribution in [0.1, 0.15) is 42.5 Å². The van der Waals surface area contributed by atoms with Crippen LogP contribution in [0.4, 0.5) is 0 Å². The first-order valence-electron chi connectivity index (χ1n) is 5.93. The minimum absolute atomic E-state index is 0. The Labute approximate surface area is 95.2 Å². The van der Waals surface area contributed by atoms with Gasteiger partial charge in [0.1, 0.15) is 0 Å². The second kappa shape index (κ2) is 6.44. The minimum Gasteiger partial charge on any atom is -0.398 e. The van der Waals surface area contributed by atoms with E-state index in [0.717, 1.165) is 11.3 Å². The molecular formula is C13H26N2. The van der Waals surface area contributed by atoms with Crippen molar-refractivity contribution in [1.82, 2.24) is 0 Å². The maximum absolute atomic E-state index is 7.44. The first-order valence-corrected chi connectivity index (χ1v) is 5.93. The summed E-state index contributed by atoms with van der Waals surface area (Å²) in [6.07, 6.45) is 5.47. The summed E-state index contributed by atoms with van der Waals surface area (Å²) in [6.45, 7) is 9.79. The van der Waals surface area contributed by atoms with Gasteiger partial charge in [0.15, 0.2) is 0 Å². The molecule has 0 saturated heterocycles. The maximum atomic E-state index is 7.44. The third kappa shape index (κ3) is 3.54. The lowest BCUT2D eigenvalue weighted by atomic mass is 10.0. The lowest BCUT2D eigenvalue weighted by Crippen LogP contribution is -2.11. The number of allylic oxidation sites excluding steroid dienone is 3. The Bertz CT molecular complexity index is 280. The number of rotatable bonds is 1. The highest BCUT2D eigenvalue weighted by Gasteiger charge is 2.37. The first kappa shape index (κ1) is 13.9. The maximum Gasteiger partial charge on any atom is 0.0372 e. The molecule has 2 heteroatoms. The Hall–Kier alpha value is -1.05. The minimum atomic E-state index is 0. The van der Waals surface area contributed by atoms with Crippen molar-refractivity contribution in [3.05, 3.63) is 23.4 Å². The van der Waals surface area contributed by atoms with Crippen molar-refractivity contribution < 1.29 is 1.43 Å². The fraction of sp³-hybridized carbons (Fsp3) is 0.615. The SMILES string of the molecule is CC.CC.CC(=N)C1=CC2CC2C=C1N.[HH]. The van der Waals surface area contributed by atoms with Crippen LogP contribution in [-0.2, 0) is 0 Å². The first-order chi connectivity index (χ1) is 7.18. The molecule has 1 fully saturated rings. The summed E-state index contributed by atoms with van der Waals surface area (Å²) in [7, 11) is 0. The van der Waals surface area contributed by atoms with E-state index < -0.39 is 0 Å². The average molecular weight is 210 g/mol. The van der Waals surface area contributed by atoms with Gasteiger partial charge in [0.05, 0.1) is 0 Å². The van der Waals surface area contributed by atoms with Crippen molar-refractivity contribution in [3.63, 3.8) is 0 Å². The quantitative estimate of drug-likeness (QED) is 0.636. The summed E-state index contributed by atoms with van der Waals surface area (Å²) >= 11 is 0. The molecule has 2 atom stereocenters. The van der Waals surface area contributed by atoms with E-state index in [9.17, 15) is 0 Å². The van der Waals surface area contributed by atoms with Gasteiger partial charge in [-0.1, -0.05) is 39.8 Å². The molecule has 3 N–H and O–H groups in total. The van der Waals surface area contributed by atoms with Gasteiger partial charge in [-0.25, -0.2) is 0 Å². The molecule has 0 aliphatic heterocycles. The Morgan fingerprint density at radius 2 is 1.73 bits per heavy atom. The highest BCUT2D eigenvalue weighted by Crippen LogP contribution is 2.45. The van der Waals surface area contributed by atoms with Crippen molar-refractivity contribution in [3.8, 4) is 0 Å². The Balaban J connectivity index is 0. The zero-order valence-electron chi connectivity index (χ0n) is 10.6. The summed E-state index contributed by atoms with van der Waals surface area (Å²) < 4.78 is 0. The van der Waals surface area contributed by atoms with Gasteiger partial charge in [-0.15, -0.1) is 0 Å². The molecule has 2 rings (SSSR count). The van der Waals surface area contributed by atoms with E-state index in [4.69, 9.17) is 11.1 Å². The molecule has 2 nitrogen and oxygen atoms in total. The molecule has 0 heterocycles. The van der Waals surface area contributed by atoms with E-state index in [1.807, 2.05) is 27.7 Å². The average Bonchev–Trinajstić information content (AvgIpc) is 3.00. The van der Waals surface area contributed by atoms with E-state index >= 15 is 0 Å². The zero-order chi connectivity index (χ0) is 12.0. The van der Waals surface area contributed by atoms with Crippen molar-refractivity contribution >= 4 is 5.71 Å². The van der Waals surface area contributed by atoms with Crippen LogP contribution in [0, 0.1) is 17.2 Å². The van der Waals surface area contributed by atoms with E-state index in [0.29, 0.717) is 17.5 Å². The zero-order valence-corrected chi connectivity index (χ0v) is 10.6. The fourth-order valence-corrected chi connectivity index (χ4v) is 1.59. The van der Waals surface area contributed by atoms with E-state index in [-0.39, 0.29) is 1.43 Å². The summed E-state index contributed by atoms with van der Waals surface area (Å²) in [5.41, 5.74) is 8.09. The van der Waals surface area contributed by atoms with Crippen LogP contribution >= 0.6 is 0 Å². The van der Waals surface area contributed by atoms with Crippen molar-refractivity contribution in [2.75, 3.05) is 0 Å². The second-order valence-electron chi connectivity index (χ2n) is 3.39. The topological polar surface area (TPSA) is 49.9 Å². The van der Waals surface area contributed by atoms with Gasteiger partial charge in [-0.3, -0.25) is 0 Å². The standard InChI is InChI=1S/C9H12N2.2C2H6.H2/c1-5(10)8-3-6-2-7(6)4-9(8)11;2*1-2;/h3-4,6-7,10H,2,11H2,1H3;2*1-2H3;1H. The molecule has 15 heavy (non-hydrogen) atoms. The van der Waals surface area contributed by atoms with Crippen LogP contribution in [0.3, 0.4) is 0 Å². The highest BCUT2D eigenvalue weighted by molar-refractivity contribution is 6.00. The van der Waals surface area contributed by atoms with Gasteiger partial charge in [0.2, 0.25) is 0 Å². The summed E-state index contributed by atoms with van der Waals surface area (Å²) in [5, 5.41) is 7.44. The molecule has 2 aliphatic rings. The highest BCUT2D eigenvalue weighted by atomic mass is 14.6. The van der Waals surface area contributed by atoms with Crippen molar-refractivity contribution in [2.24, 2.45) is 17.6 Å². The predicted molar refractivity (Wildman–Crippen MR) is 70.2 cm³/mol. The Morgan fingerprint density at radius 1 is 1.27 bits per heavy atom. The monoisotopic (exact) mass is 210 g/mol. The largest absolute Gasteiger partial charge is 0.398 e. The van der Waals surface area contributed by atoms with Gasteiger partial charge >= 0.3 is 0 Å². The Kier molecular flexibility index (Phi) is 5.99. The van der Waals surface area contributed by atoms with E-state index in [2.05, 4.69) is 12.2 Å². The smallest absolute Gasteiger partial charge is 0.0372 e. The fourth-order valence-electron chi connectivity index (χ4n) is 1.59. The number of hydrogen-bond donors (Lipinski definition) is 2. The van der Waals surface area contributed by atoms with Crippen molar-refractivity contribution in [2.45, 2.75) is 41.0 Å². The molecule has 0 spiro atoms. The van der Waals surface area contributed by atoms with Crippen molar-refractivity contribution in [1.29, 1.82) is 5.41 Å². The van der Waals surface area contributed by atoms with Crippen LogP contribution in [0.15, 0.2) is 23.4 Å². The summed E-state index contributed by atoms with van der Waals surface area (Å²) in [6, 6.07) is 0. The van der Waals surface area contributed by atoms with Gasteiger partial charge in [0, 0.05) is 18.4 Å². The number of fused-ring (bicyclic) bond motifs is 1. The van der Waals surface area contributed by atoms with Crippen LogP contribution < -0.4 is 5.73 Å². The van der Waals surface area contributed by atoms with E-state index in [1.165, 1.54) is 6.42 Å². The van der Waals surface area contributed by atoms with Gasteiger partial charge in [0.25, 0.3) is 0 Å². The molecule has 2 aliphatic carbocycles. The van der Waals surface area contributed by atoms with E-state index in [1.54, 1.807) is 6.92 Å². The summed E-state index contributed by atoms with van der Waals surface area (Å²) in [4.78, 5) is 0. The Morgan fingerprint density at radius 3 is 2.20 bits per heavy atom. The number of hydrogen-bond acceptors (Lipinski definition) is 2. The molecule has 0 radical (unpaired) electrons. The summed E-state index contributed by atoms with van der Waals surface area (Å²) in [5.74, 6) is 1.38. The van der Waals surface area contributed by atoms with Crippen LogP contribution in [0.5, 0.6) is 0 Å². The molecule has 0 bridgehead atoms. The molecule has 0 aromatic rings. The number of nitrogens with one attached hydrogen (secondary N) is 1. The van der Waals surface area contributed by atoms with Crippen LogP contribution in [0.25, 0.3) is 0 Å².